The van der Waals surface area contributed by atoms with Crippen LogP contribution in [0.25, 0.3) is 0 Å². The van der Waals surface area contributed by atoms with Gasteiger partial charge in [0.1, 0.15) is 0 Å². The van der Waals surface area contributed by atoms with Crippen LogP contribution in [0.2, 0.25) is 0 Å². The second-order valence-electron chi connectivity index (χ2n) is 3.11. The van der Waals surface area contributed by atoms with Crippen LogP contribution in [-0.2, 0) is 6.42 Å². The number of non-ortho nitro benzene ring substituents is 1. The van der Waals surface area contributed by atoms with Gasteiger partial charge in [-0.25, -0.2) is 0 Å². The van der Waals surface area contributed by atoms with E-state index < -0.39 is 4.92 Å². The standard InChI is InChI=1S/C9H12N2O2/c1-7(10)5-8-3-2-4-9(6-8)11(12)13/h2-4,6-7H,5,10H2,1H3/t7-/m0/s1. The number of hydrogen-bond acceptors (Lipinski definition) is 3. The van der Waals surface area contributed by atoms with Crippen LogP contribution in [0.15, 0.2) is 24.3 Å². The van der Waals surface area contributed by atoms with Crippen molar-refractivity contribution < 1.29 is 4.92 Å². The Bertz CT molecular complexity index is 310. The Morgan fingerprint density at radius 2 is 2.31 bits per heavy atom. The normalized spacial score (nSPS) is 12.5. The van der Waals surface area contributed by atoms with E-state index in [-0.39, 0.29) is 11.7 Å². The molecule has 1 aromatic rings. The maximum absolute atomic E-state index is 10.4. The van der Waals surface area contributed by atoms with E-state index >= 15 is 0 Å². The molecule has 4 heteroatoms. The topological polar surface area (TPSA) is 69.2 Å². The molecule has 4 nitrogen and oxygen atoms in total. The lowest BCUT2D eigenvalue weighted by Gasteiger charge is -2.03. The molecule has 1 atom stereocenters. The molecule has 0 aromatic heterocycles. The SMILES string of the molecule is C[C@H](N)Cc1cccc([N+](=O)[O-])c1. The summed E-state index contributed by atoms with van der Waals surface area (Å²) in [7, 11) is 0. The van der Waals surface area contributed by atoms with Gasteiger partial charge >= 0.3 is 0 Å². The lowest BCUT2D eigenvalue weighted by atomic mass is 10.1. The summed E-state index contributed by atoms with van der Waals surface area (Å²) in [6, 6.07) is 6.59. The minimum absolute atomic E-state index is 0.0296. The van der Waals surface area contributed by atoms with E-state index in [0.717, 1.165) is 5.56 Å². The highest BCUT2D eigenvalue weighted by molar-refractivity contribution is 5.34. The third-order valence-electron chi connectivity index (χ3n) is 1.68. The van der Waals surface area contributed by atoms with Crippen LogP contribution >= 0.6 is 0 Å². The summed E-state index contributed by atoms with van der Waals surface area (Å²) in [6.45, 7) is 1.87. The fourth-order valence-corrected chi connectivity index (χ4v) is 1.17. The molecule has 0 spiro atoms. The van der Waals surface area contributed by atoms with Gasteiger partial charge in [-0.15, -0.1) is 0 Å². The predicted octanol–water partition coefficient (Wildman–Crippen LogP) is 1.48. The average molecular weight is 180 g/mol. The van der Waals surface area contributed by atoms with Crippen molar-refractivity contribution in [3.63, 3.8) is 0 Å². The Morgan fingerprint density at radius 3 is 2.85 bits per heavy atom. The van der Waals surface area contributed by atoms with E-state index in [9.17, 15) is 10.1 Å². The monoisotopic (exact) mass is 180 g/mol. The number of benzene rings is 1. The maximum atomic E-state index is 10.4. The van der Waals surface area contributed by atoms with Crippen molar-refractivity contribution in [3.05, 3.63) is 39.9 Å². The van der Waals surface area contributed by atoms with Crippen LogP contribution in [0.3, 0.4) is 0 Å². The first-order valence-electron chi connectivity index (χ1n) is 4.08. The zero-order valence-electron chi connectivity index (χ0n) is 7.43. The van der Waals surface area contributed by atoms with E-state index in [0.29, 0.717) is 6.42 Å². The molecule has 70 valence electrons. The molecule has 1 aromatic carbocycles. The zero-order chi connectivity index (χ0) is 9.84. The molecule has 0 unspecified atom stereocenters. The van der Waals surface area contributed by atoms with Crippen molar-refractivity contribution in [1.82, 2.24) is 0 Å². The Balaban J connectivity index is 2.85. The van der Waals surface area contributed by atoms with Gasteiger partial charge in [0, 0.05) is 18.2 Å². The first-order valence-corrected chi connectivity index (χ1v) is 4.08. The van der Waals surface area contributed by atoms with E-state index in [1.54, 1.807) is 12.1 Å². The Labute approximate surface area is 76.5 Å². The van der Waals surface area contributed by atoms with Crippen molar-refractivity contribution in [1.29, 1.82) is 0 Å². The number of rotatable bonds is 3. The predicted molar refractivity (Wildman–Crippen MR) is 50.4 cm³/mol. The van der Waals surface area contributed by atoms with Gasteiger partial charge in [-0.2, -0.15) is 0 Å². The summed E-state index contributed by atoms with van der Waals surface area (Å²) in [4.78, 5) is 10.0. The lowest BCUT2D eigenvalue weighted by Crippen LogP contribution is -2.17. The fraction of sp³-hybridized carbons (Fsp3) is 0.333. The summed E-state index contributed by atoms with van der Waals surface area (Å²) < 4.78 is 0. The molecule has 0 amide bonds. The molecule has 0 saturated heterocycles. The van der Waals surface area contributed by atoms with E-state index in [1.165, 1.54) is 6.07 Å². The quantitative estimate of drug-likeness (QED) is 0.565. The maximum Gasteiger partial charge on any atom is 0.269 e. The molecule has 0 saturated carbocycles. The summed E-state index contributed by atoms with van der Waals surface area (Å²) >= 11 is 0. The molecule has 0 fully saturated rings. The van der Waals surface area contributed by atoms with Crippen LogP contribution in [0.5, 0.6) is 0 Å². The van der Waals surface area contributed by atoms with E-state index in [2.05, 4.69) is 0 Å². The fourth-order valence-electron chi connectivity index (χ4n) is 1.17. The smallest absolute Gasteiger partial charge is 0.269 e. The molecule has 0 bridgehead atoms. The molecule has 2 N–H and O–H groups in total. The van der Waals surface area contributed by atoms with Crippen molar-refractivity contribution >= 4 is 5.69 Å². The Hall–Kier alpha value is -1.42. The molecule has 1 rings (SSSR count). The third-order valence-corrected chi connectivity index (χ3v) is 1.68. The number of nitrogens with zero attached hydrogens (tertiary/aromatic N) is 1. The van der Waals surface area contributed by atoms with Crippen molar-refractivity contribution in [3.8, 4) is 0 Å². The van der Waals surface area contributed by atoms with Crippen LogP contribution in [0, 0.1) is 10.1 Å². The second-order valence-corrected chi connectivity index (χ2v) is 3.11. The van der Waals surface area contributed by atoms with Crippen molar-refractivity contribution in [2.24, 2.45) is 5.73 Å². The van der Waals surface area contributed by atoms with Crippen LogP contribution < -0.4 is 5.73 Å². The first-order chi connectivity index (χ1) is 6.09. The highest BCUT2D eigenvalue weighted by Crippen LogP contribution is 2.13. The average Bonchev–Trinajstić information content (AvgIpc) is 2.03. The van der Waals surface area contributed by atoms with Gasteiger partial charge in [-0.1, -0.05) is 12.1 Å². The number of nitrogens with two attached hydrogens (primary N) is 1. The third kappa shape index (κ3) is 2.83. The Kier molecular flexibility index (Phi) is 2.97. The van der Waals surface area contributed by atoms with Gasteiger partial charge in [0.15, 0.2) is 0 Å². The summed E-state index contributed by atoms with van der Waals surface area (Å²) in [5.74, 6) is 0. The number of nitro benzene ring substituents is 1. The molecule has 0 aliphatic carbocycles. The number of hydrogen-bond donors (Lipinski definition) is 1. The largest absolute Gasteiger partial charge is 0.328 e. The summed E-state index contributed by atoms with van der Waals surface area (Å²) in [6.07, 6.45) is 0.668. The lowest BCUT2D eigenvalue weighted by molar-refractivity contribution is -0.384. The molecule has 0 heterocycles. The van der Waals surface area contributed by atoms with E-state index in [1.807, 2.05) is 13.0 Å². The molecule has 0 aliphatic rings. The van der Waals surface area contributed by atoms with Crippen LogP contribution in [0.1, 0.15) is 12.5 Å². The van der Waals surface area contributed by atoms with Crippen LogP contribution in [0.4, 0.5) is 5.69 Å². The van der Waals surface area contributed by atoms with Gasteiger partial charge < -0.3 is 5.73 Å². The van der Waals surface area contributed by atoms with Gasteiger partial charge in [0.05, 0.1) is 4.92 Å². The highest BCUT2D eigenvalue weighted by Gasteiger charge is 2.06. The second kappa shape index (κ2) is 4.00. The molecular weight excluding hydrogens is 168 g/mol. The van der Waals surface area contributed by atoms with Crippen molar-refractivity contribution in [2.45, 2.75) is 19.4 Å². The van der Waals surface area contributed by atoms with Crippen molar-refractivity contribution in [2.75, 3.05) is 0 Å². The molecule has 13 heavy (non-hydrogen) atoms. The van der Waals surface area contributed by atoms with Gasteiger partial charge in [-0.05, 0) is 18.9 Å². The minimum Gasteiger partial charge on any atom is -0.328 e. The van der Waals surface area contributed by atoms with Crippen LogP contribution in [-0.4, -0.2) is 11.0 Å². The molecule has 0 aliphatic heterocycles. The first kappa shape index (κ1) is 9.67. The van der Waals surface area contributed by atoms with Gasteiger partial charge in [-0.3, -0.25) is 10.1 Å². The molecule has 0 radical (unpaired) electrons. The summed E-state index contributed by atoms with van der Waals surface area (Å²) in [5.41, 5.74) is 6.61. The Morgan fingerprint density at radius 1 is 1.62 bits per heavy atom. The van der Waals surface area contributed by atoms with Gasteiger partial charge in [0.2, 0.25) is 0 Å². The molecular formula is C9H12N2O2. The summed E-state index contributed by atoms with van der Waals surface area (Å²) in [5, 5.41) is 10.4. The van der Waals surface area contributed by atoms with E-state index in [4.69, 9.17) is 5.73 Å². The zero-order valence-corrected chi connectivity index (χ0v) is 7.43. The highest BCUT2D eigenvalue weighted by atomic mass is 16.6. The number of nitro groups is 1. The minimum atomic E-state index is -0.398. The van der Waals surface area contributed by atoms with Gasteiger partial charge in [0.25, 0.3) is 5.69 Å².